The number of aliphatic carboxylic acids is 1. The first-order valence-electron chi connectivity index (χ1n) is 7.18. The van der Waals surface area contributed by atoms with Gasteiger partial charge in [0.05, 0.1) is 11.0 Å². The number of carbonyl (C=O) groups excluding carboxylic acids is 1. The first-order chi connectivity index (χ1) is 9.89. The quantitative estimate of drug-likeness (QED) is 0.932. The fourth-order valence-electron chi connectivity index (χ4n) is 2.83. The molecule has 0 bridgehead atoms. The van der Waals surface area contributed by atoms with E-state index in [1.807, 2.05) is 6.92 Å². The first kappa shape index (κ1) is 15.5. The number of carboxylic acids is 1. The number of likely N-dealkylation sites (tertiary alicyclic amines) is 1. The summed E-state index contributed by atoms with van der Waals surface area (Å²) in [5.74, 6) is -1.69. The van der Waals surface area contributed by atoms with Gasteiger partial charge in [-0.3, -0.25) is 9.59 Å². The lowest BCUT2D eigenvalue weighted by atomic mass is 9.76. The summed E-state index contributed by atoms with van der Waals surface area (Å²) >= 11 is 0. The molecular formula is C16H20FNO3. The second-order valence-corrected chi connectivity index (χ2v) is 5.71. The van der Waals surface area contributed by atoms with E-state index in [0.29, 0.717) is 32.4 Å². The Labute approximate surface area is 123 Å². The highest BCUT2D eigenvalue weighted by atomic mass is 19.1. The van der Waals surface area contributed by atoms with Gasteiger partial charge in [0, 0.05) is 13.1 Å². The molecule has 1 aromatic rings. The van der Waals surface area contributed by atoms with Gasteiger partial charge in [-0.2, -0.15) is 0 Å². The Morgan fingerprint density at radius 2 is 1.95 bits per heavy atom. The number of hydrogen-bond acceptors (Lipinski definition) is 2. The van der Waals surface area contributed by atoms with Crippen LogP contribution in [0.1, 0.15) is 42.1 Å². The number of nitrogens with zero attached hydrogens (tertiary/aromatic N) is 1. The van der Waals surface area contributed by atoms with Gasteiger partial charge < -0.3 is 10.0 Å². The van der Waals surface area contributed by atoms with Crippen LogP contribution in [0.25, 0.3) is 0 Å². The Bertz CT molecular complexity index is 563. The topological polar surface area (TPSA) is 57.6 Å². The van der Waals surface area contributed by atoms with E-state index in [0.717, 1.165) is 5.56 Å². The van der Waals surface area contributed by atoms with Gasteiger partial charge in [-0.15, -0.1) is 0 Å². The summed E-state index contributed by atoms with van der Waals surface area (Å²) in [4.78, 5) is 25.3. The molecule has 5 heteroatoms. The van der Waals surface area contributed by atoms with Crippen LogP contribution in [0.5, 0.6) is 0 Å². The molecule has 1 fully saturated rings. The van der Waals surface area contributed by atoms with E-state index >= 15 is 0 Å². The van der Waals surface area contributed by atoms with Crippen LogP contribution in [0.2, 0.25) is 0 Å². The number of piperidine rings is 1. The van der Waals surface area contributed by atoms with E-state index in [-0.39, 0.29) is 11.5 Å². The van der Waals surface area contributed by atoms with Gasteiger partial charge in [0.1, 0.15) is 5.82 Å². The lowest BCUT2D eigenvalue weighted by Gasteiger charge is -2.38. The fraction of sp³-hybridized carbons (Fsp3) is 0.500. The lowest BCUT2D eigenvalue weighted by Crippen LogP contribution is -2.46. The molecule has 0 spiro atoms. The van der Waals surface area contributed by atoms with Gasteiger partial charge in [-0.1, -0.05) is 18.6 Å². The molecule has 1 saturated heterocycles. The molecule has 1 heterocycles. The number of rotatable bonds is 3. The van der Waals surface area contributed by atoms with E-state index in [1.54, 1.807) is 17.9 Å². The van der Waals surface area contributed by atoms with Crippen LogP contribution in [0.3, 0.4) is 0 Å². The summed E-state index contributed by atoms with van der Waals surface area (Å²) in [7, 11) is 0. The molecule has 0 unspecified atom stereocenters. The maximum Gasteiger partial charge on any atom is 0.309 e. The molecule has 1 aliphatic rings. The average Bonchev–Trinajstić information content (AvgIpc) is 2.49. The van der Waals surface area contributed by atoms with Gasteiger partial charge >= 0.3 is 5.97 Å². The number of aryl methyl sites for hydroxylation is 1. The summed E-state index contributed by atoms with van der Waals surface area (Å²) in [5.41, 5.74) is 0.140. The monoisotopic (exact) mass is 293 g/mol. The third-order valence-corrected chi connectivity index (χ3v) is 4.49. The lowest BCUT2D eigenvalue weighted by molar-refractivity contribution is -0.152. The van der Waals surface area contributed by atoms with Crippen LogP contribution in [0, 0.1) is 18.2 Å². The standard InChI is InChI=1S/C16H20FNO3/c1-3-16(15(20)21)6-8-18(9-7-16)14(19)12-10-11(2)4-5-13(12)17/h4-5,10H,3,6-9H2,1-2H3,(H,20,21). The molecule has 0 atom stereocenters. The van der Waals surface area contributed by atoms with Crippen molar-refractivity contribution in [3.63, 3.8) is 0 Å². The van der Waals surface area contributed by atoms with Crippen molar-refractivity contribution < 1.29 is 19.1 Å². The van der Waals surface area contributed by atoms with Crippen molar-refractivity contribution in [2.24, 2.45) is 5.41 Å². The molecule has 2 rings (SSSR count). The van der Waals surface area contributed by atoms with Crippen LogP contribution >= 0.6 is 0 Å². The van der Waals surface area contributed by atoms with Gasteiger partial charge in [0.15, 0.2) is 0 Å². The summed E-state index contributed by atoms with van der Waals surface area (Å²) in [6.45, 7) is 4.36. The Morgan fingerprint density at radius 1 is 1.33 bits per heavy atom. The van der Waals surface area contributed by atoms with Gasteiger partial charge in [-0.25, -0.2) is 4.39 Å². The van der Waals surface area contributed by atoms with E-state index in [9.17, 15) is 19.1 Å². The zero-order valence-electron chi connectivity index (χ0n) is 12.4. The van der Waals surface area contributed by atoms with E-state index in [4.69, 9.17) is 0 Å². The molecule has 0 aromatic heterocycles. The Hall–Kier alpha value is -1.91. The van der Waals surface area contributed by atoms with E-state index in [2.05, 4.69) is 0 Å². The third-order valence-electron chi connectivity index (χ3n) is 4.49. The molecule has 1 aromatic carbocycles. The van der Waals surface area contributed by atoms with Crippen LogP contribution in [-0.2, 0) is 4.79 Å². The normalized spacial score (nSPS) is 17.6. The summed E-state index contributed by atoms with van der Waals surface area (Å²) in [6, 6.07) is 4.45. The molecule has 1 amide bonds. The summed E-state index contributed by atoms with van der Waals surface area (Å²) in [6.07, 6.45) is 1.37. The van der Waals surface area contributed by atoms with Crippen LogP contribution in [-0.4, -0.2) is 35.0 Å². The Morgan fingerprint density at radius 3 is 2.48 bits per heavy atom. The number of halogens is 1. The highest BCUT2D eigenvalue weighted by Gasteiger charge is 2.41. The minimum Gasteiger partial charge on any atom is -0.481 e. The molecule has 21 heavy (non-hydrogen) atoms. The van der Waals surface area contributed by atoms with Gasteiger partial charge in [-0.05, 0) is 38.3 Å². The van der Waals surface area contributed by atoms with Crippen LogP contribution < -0.4 is 0 Å². The summed E-state index contributed by atoms with van der Waals surface area (Å²) < 4.78 is 13.8. The van der Waals surface area contributed by atoms with E-state index in [1.165, 1.54) is 12.1 Å². The smallest absolute Gasteiger partial charge is 0.309 e. The highest BCUT2D eigenvalue weighted by molar-refractivity contribution is 5.95. The molecule has 0 radical (unpaired) electrons. The second-order valence-electron chi connectivity index (χ2n) is 5.71. The Kier molecular flexibility index (Phi) is 4.30. The number of benzene rings is 1. The highest BCUT2D eigenvalue weighted by Crippen LogP contribution is 2.35. The van der Waals surface area contributed by atoms with E-state index < -0.39 is 17.2 Å². The Balaban J connectivity index is 2.13. The molecule has 0 aliphatic carbocycles. The zero-order valence-corrected chi connectivity index (χ0v) is 12.4. The number of hydrogen-bond donors (Lipinski definition) is 1. The van der Waals surface area contributed by atoms with Crippen LogP contribution in [0.15, 0.2) is 18.2 Å². The third kappa shape index (κ3) is 2.91. The maximum absolute atomic E-state index is 13.8. The minimum atomic E-state index is -0.807. The van der Waals surface area contributed by atoms with Gasteiger partial charge in [0.2, 0.25) is 0 Å². The average molecular weight is 293 g/mol. The molecule has 0 saturated carbocycles. The van der Waals surface area contributed by atoms with Crippen molar-refractivity contribution >= 4 is 11.9 Å². The molecular weight excluding hydrogens is 273 g/mol. The summed E-state index contributed by atoms with van der Waals surface area (Å²) in [5, 5.41) is 9.35. The second kappa shape index (κ2) is 5.84. The predicted octanol–water partition coefficient (Wildman–Crippen LogP) is 2.85. The number of carboxylic acid groups (broad SMARTS) is 1. The van der Waals surface area contributed by atoms with Crippen molar-refractivity contribution in [2.45, 2.75) is 33.1 Å². The van der Waals surface area contributed by atoms with Crippen molar-refractivity contribution in [3.05, 3.63) is 35.1 Å². The number of carbonyl (C=O) groups is 2. The maximum atomic E-state index is 13.8. The molecule has 1 N–H and O–H groups in total. The first-order valence-corrected chi connectivity index (χ1v) is 7.18. The fourth-order valence-corrected chi connectivity index (χ4v) is 2.83. The van der Waals surface area contributed by atoms with Crippen molar-refractivity contribution in [2.75, 3.05) is 13.1 Å². The van der Waals surface area contributed by atoms with Gasteiger partial charge in [0.25, 0.3) is 5.91 Å². The van der Waals surface area contributed by atoms with Crippen LogP contribution in [0.4, 0.5) is 4.39 Å². The van der Waals surface area contributed by atoms with Crippen molar-refractivity contribution in [1.29, 1.82) is 0 Å². The SMILES string of the molecule is CCC1(C(=O)O)CCN(C(=O)c2cc(C)ccc2F)CC1. The van der Waals surface area contributed by atoms with Crippen molar-refractivity contribution in [3.8, 4) is 0 Å². The molecule has 4 nitrogen and oxygen atoms in total. The zero-order chi connectivity index (χ0) is 15.6. The number of amides is 1. The molecule has 1 aliphatic heterocycles. The predicted molar refractivity (Wildman–Crippen MR) is 76.6 cm³/mol. The minimum absolute atomic E-state index is 0.0642. The van der Waals surface area contributed by atoms with Crippen molar-refractivity contribution in [1.82, 2.24) is 4.90 Å². The molecule has 114 valence electrons. The largest absolute Gasteiger partial charge is 0.481 e.